The van der Waals surface area contributed by atoms with Gasteiger partial charge in [0.15, 0.2) is 5.96 Å². The lowest BCUT2D eigenvalue weighted by Crippen LogP contribution is -2.32. The monoisotopic (exact) mass is 369 g/mol. The van der Waals surface area contributed by atoms with Gasteiger partial charge in [-0.3, -0.25) is 0 Å². The summed E-state index contributed by atoms with van der Waals surface area (Å²) in [6, 6.07) is 14.7. The molecule has 0 heterocycles. The Morgan fingerprint density at radius 2 is 1.89 bits per heavy atom. The van der Waals surface area contributed by atoms with E-state index in [1.165, 1.54) is 16.3 Å². The summed E-state index contributed by atoms with van der Waals surface area (Å²) >= 11 is 0. The van der Waals surface area contributed by atoms with Gasteiger partial charge in [-0.25, -0.2) is 4.99 Å². The molecule has 2 aromatic rings. The van der Waals surface area contributed by atoms with Gasteiger partial charge in [-0.15, -0.1) is 24.0 Å². The third kappa shape index (κ3) is 4.70. The van der Waals surface area contributed by atoms with Crippen LogP contribution >= 0.6 is 24.0 Å². The number of halogens is 1. The normalized spacial score (nSPS) is 11.1. The van der Waals surface area contributed by atoms with Gasteiger partial charge in [0.25, 0.3) is 0 Å². The Bertz CT molecular complexity index is 552. The van der Waals surface area contributed by atoms with Crippen LogP contribution in [0.3, 0.4) is 0 Å². The molecule has 4 heteroatoms. The average molecular weight is 369 g/mol. The van der Waals surface area contributed by atoms with Crippen LogP contribution in [-0.2, 0) is 6.54 Å². The molecule has 3 N–H and O–H groups in total. The number of nitrogens with one attached hydrogen (secondary N) is 1. The maximum absolute atomic E-state index is 5.76. The number of guanidine groups is 1. The molecule has 0 aliphatic heterocycles. The van der Waals surface area contributed by atoms with Crippen LogP contribution in [0.1, 0.15) is 18.9 Å². The summed E-state index contributed by atoms with van der Waals surface area (Å²) in [5.41, 5.74) is 6.94. The highest BCUT2D eigenvalue weighted by atomic mass is 127. The van der Waals surface area contributed by atoms with Crippen molar-refractivity contribution in [2.24, 2.45) is 10.7 Å². The summed E-state index contributed by atoms with van der Waals surface area (Å²) in [6.45, 7) is 3.59. The molecule has 2 aromatic carbocycles. The fraction of sp³-hybridized carbons (Fsp3) is 0.267. The molecule has 0 aliphatic carbocycles. The maximum atomic E-state index is 5.76. The van der Waals surface area contributed by atoms with Crippen molar-refractivity contribution in [2.75, 3.05) is 6.54 Å². The van der Waals surface area contributed by atoms with Gasteiger partial charge in [0, 0.05) is 6.54 Å². The molecular weight excluding hydrogens is 349 g/mol. The second kappa shape index (κ2) is 7.99. The number of hydrogen-bond acceptors (Lipinski definition) is 1. The molecule has 102 valence electrons. The Balaban J connectivity index is 0.00000180. The number of benzene rings is 2. The molecule has 0 saturated carbocycles. The molecule has 0 radical (unpaired) electrons. The molecule has 0 atom stereocenters. The predicted molar refractivity (Wildman–Crippen MR) is 93.0 cm³/mol. The van der Waals surface area contributed by atoms with Crippen molar-refractivity contribution in [1.29, 1.82) is 0 Å². The van der Waals surface area contributed by atoms with Crippen molar-refractivity contribution in [3.8, 4) is 0 Å². The summed E-state index contributed by atoms with van der Waals surface area (Å²) in [5.74, 6) is 0.519. The number of nitrogens with two attached hydrogens (primary N) is 1. The van der Waals surface area contributed by atoms with Crippen LogP contribution in [0.5, 0.6) is 0 Å². The van der Waals surface area contributed by atoms with Gasteiger partial charge in [-0.05, 0) is 28.8 Å². The second-order valence-electron chi connectivity index (χ2n) is 4.31. The Labute approximate surface area is 131 Å². The maximum Gasteiger partial charge on any atom is 0.188 e. The van der Waals surface area contributed by atoms with E-state index in [0.29, 0.717) is 12.5 Å². The minimum atomic E-state index is 0. The standard InChI is InChI=1S/C15H19N3.HI/c1-2-9-17-15(16)18-11-12-7-8-13-5-3-4-6-14(13)10-12;/h3-8,10H,2,9,11H2,1H3,(H3,16,17,18);1H. The lowest BCUT2D eigenvalue weighted by Gasteiger charge is -2.04. The van der Waals surface area contributed by atoms with E-state index in [0.717, 1.165) is 13.0 Å². The molecule has 0 saturated heterocycles. The lowest BCUT2D eigenvalue weighted by molar-refractivity contribution is 0.825. The zero-order chi connectivity index (χ0) is 12.8. The van der Waals surface area contributed by atoms with Crippen molar-refractivity contribution >= 4 is 40.7 Å². The summed E-state index contributed by atoms with van der Waals surface area (Å²) in [7, 11) is 0. The van der Waals surface area contributed by atoms with Crippen molar-refractivity contribution in [1.82, 2.24) is 5.32 Å². The second-order valence-corrected chi connectivity index (χ2v) is 4.31. The van der Waals surface area contributed by atoms with Crippen LogP contribution in [0.4, 0.5) is 0 Å². The highest BCUT2D eigenvalue weighted by Gasteiger charge is 1.96. The number of rotatable bonds is 4. The summed E-state index contributed by atoms with van der Waals surface area (Å²) < 4.78 is 0. The molecular formula is C15H20IN3. The van der Waals surface area contributed by atoms with E-state index in [-0.39, 0.29) is 24.0 Å². The molecule has 0 spiro atoms. The molecule has 0 fully saturated rings. The first-order valence-corrected chi connectivity index (χ1v) is 6.31. The Hall–Kier alpha value is -1.30. The van der Waals surface area contributed by atoms with Crippen LogP contribution in [-0.4, -0.2) is 12.5 Å². The molecule has 0 amide bonds. The predicted octanol–water partition coefficient (Wildman–Crippen LogP) is 3.27. The quantitative estimate of drug-likeness (QED) is 0.494. The largest absolute Gasteiger partial charge is 0.370 e. The van der Waals surface area contributed by atoms with Gasteiger partial charge in [-0.1, -0.05) is 43.3 Å². The first-order chi connectivity index (χ1) is 8.79. The van der Waals surface area contributed by atoms with E-state index in [1.807, 2.05) is 12.1 Å². The van der Waals surface area contributed by atoms with E-state index < -0.39 is 0 Å². The van der Waals surface area contributed by atoms with E-state index in [9.17, 15) is 0 Å². The zero-order valence-corrected chi connectivity index (χ0v) is 13.4. The Morgan fingerprint density at radius 3 is 2.63 bits per heavy atom. The number of nitrogens with zero attached hydrogens (tertiary/aromatic N) is 1. The van der Waals surface area contributed by atoms with Gasteiger partial charge in [0.2, 0.25) is 0 Å². The van der Waals surface area contributed by atoms with Gasteiger partial charge in [0.05, 0.1) is 6.54 Å². The SMILES string of the molecule is CCCNC(N)=NCc1ccc2ccccc2c1.I. The smallest absolute Gasteiger partial charge is 0.188 e. The van der Waals surface area contributed by atoms with Crippen LogP contribution in [0.25, 0.3) is 10.8 Å². The third-order valence-electron chi connectivity index (χ3n) is 2.80. The molecule has 0 unspecified atom stereocenters. The Kier molecular flexibility index (Phi) is 6.62. The van der Waals surface area contributed by atoms with Crippen LogP contribution in [0, 0.1) is 0 Å². The minimum absolute atomic E-state index is 0. The molecule has 0 bridgehead atoms. The first-order valence-electron chi connectivity index (χ1n) is 6.31. The van der Waals surface area contributed by atoms with Gasteiger partial charge >= 0.3 is 0 Å². The van der Waals surface area contributed by atoms with Crippen LogP contribution in [0.2, 0.25) is 0 Å². The highest BCUT2D eigenvalue weighted by Crippen LogP contribution is 2.15. The minimum Gasteiger partial charge on any atom is -0.370 e. The van der Waals surface area contributed by atoms with Gasteiger partial charge in [0.1, 0.15) is 0 Å². The fourth-order valence-corrected chi connectivity index (χ4v) is 1.82. The molecule has 19 heavy (non-hydrogen) atoms. The van der Waals surface area contributed by atoms with Crippen LogP contribution in [0.15, 0.2) is 47.5 Å². The third-order valence-corrected chi connectivity index (χ3v) is 2.80. The topological polar surface area (TPSA) is 50.4 Å². The summed E-state index contributed by atoms with van der Waals surface area (Å²) in [6.07, 6.45) is 1.05. The molecule has 0 aromatic heterocycles. The number of fused-ring (bicyclic) bond motifs is 1. The van der Waals surface area contributed by atoms with Gasteiger partial charge < -0.3 is 11.1 Å². The van der Waals surface area contributed by atoms with E-state index in [1.54, 1.807) is 0 Å². The van der Waals surface area contributed by atoms with Gasteiger partial charge in [-0.2, -0.15) is 0 Å². The highest BCUT2D eigenvalue weighted by molar-refractivity contribution is 14.0. The zero-order valence-electron chi connectivity index (χ0n) is 11.1. The van der Waals surface area contributed by atoms with E-state index >= 15 is 0 Å². The number of hydrogen-bond donors (Lipinski definition) is 2. The van der Waals surface area contributed by atoms with Crippen molar-refractivity contribution < 1.29 is 0 Å². The van der Waals surface area contributed by atoms with Crippen LogP contribution < -0.4 is 11.1 Å². The average Bonchev–Trinajstić information content (AvgIpc) is 2.42. The summed E-state index contributed by atoms with van der Waals surface area (Å²) in [5, 5.41) is 5.56. The fourth-order valence-electron chi connectivity index (χ4n) is 1.82. The first kappa shape index (κ1) is 15.8. The van der Waals surface area contributed by atoms with Crippen molar-refractivity contribution in [2.45, 2.75) is 19.9 Å². The van der Waals surface area contributed by atoms with Crippen molar-refractivity contribution in [3.63, 3.8) is 0 Å². The lowest BCUT2D eigenvalue weighted by atomic mass is 10.1. The Morgan fingerprint density at radius 1 is 1.16 bits per heavy atom. The number of aliphatic imine (C=N–C) groups is 1. The molecule has 3 nitrogen and oxygen atoms in total. The molecule has 2 rings (SSSR count). The van der Waals surface area contributed by atoms with Crippen molar-refractivity contribution in [3.05, 3.63) is 48.0 Å². The summed E-state index contributed by atoms with van der Waals surface area (Å²) in [4.78, 5) is 4.32. The van der Waals surface area contributed by atoms with E-state index in [2.05, 4.69) is 47.6 Å². The molecule has 0 aliphatic rings. The van der Waals surface area contributed by atoms with E-state index in [4.69, 9.17) is 5.73 Å².